The number of oxazole rings is 1. The summed E-state index contributed by atoms with van der Waals surface area (Å²) in [5, 5.41) is 2.72. The maximum absolute atomic E-state index is 5.84. The molecule has 2 heterocycles. The van der Waals surface area contributed by atoms with Crippen molar-refractivity contribution in [3.8, 4) is 22.1 Å². The van der Waals surface area contributed by atoms with E-state index >= 15 is 0 Å². The number of hydrogen-bond donors (Lipinski definition) is 0. The second-order valence-corrected chi connectivity index (χ2v) is 4.90. The molecule has 0 aliphatic heterocycles. The number of halogens is 1. The Morgan fingerprint density at radius 1 is 1.12 bits per heavy atom. The molecule has 0 saturated heterocycles. The summed E-state index contributed by atoms with van der Waals surface area (Å²) in [5.41, 5.74) is 0.928. The standard InChI is InChI=1S/C13H8ClNOS/c14-10-5-3-9(4-6-10)13-15-8-11(16-13)12-2-1-7-17-12/h1-8H. The molecule has 17 heavy (non-hydrogen) atoms. The summed E-state index contributed by atoms with van der Waals surface area (Å²) in [7, 11) is 0. The minimum absolute atomic E-state index is 0.616. The topological polar surface area (TPSA) is 26.0 Å². The van der Waals surface area contributed by atoms with Gasteiger partial charge >= 0.3 is 0 Å². The molecule has 0 radical (unpaired) electrons. The van der Waals surface area contributed by atoms with Crippen molar-refractivity contribution < 1.29 is 4.42 Å². The van der Waals surface area contributed by atoms with E-state index in [4.69, 9.17) is 16.0 Å². The average Bonchev–Trinajstić information content (AvgIpc) is 3.00. The largest absolute Gasteiger partial charge is 0.435 e. The van der Waals surface area contributed by atoms with Gasteiger partial charge in [-0.3, -0.25) is 0 Å². The van der Waals surface area contributed by atoms with E-state index in [-0.39, 0.29) is 0 Å². The quantitative estimate of drug-likeness (QED) is 0.667. The van der Waals surface area contributed by atoms with Gasteiger partial charge in [-0.2, -0.15) is 0 Å². The van der Waals surface area contributed by atoms with Gasteiger partial charge in [-0.05, 0) is 35.7 Å². The van der Waals surface area contributed by atoms with Crippen molar-refractivity contribution in [2.24, 2.45) is 0 Å². The lowest BCUT2D eigenvalue weighted by Gasteiger charge is -1.95. The highest BCUT2D eigenvalue weighted by molar-refractivity contribution is 7.13. The average molecular weight is 262 g/mol. The Hall–Kier alpha value is -1.58. The van der Waals surface area contributed by atoms with Crippen LogP contribution in [0.2, 0.25) is 5.02 Å². The number of nitrogens with zero attached hydrogens (tertiary/aromatic N) is 1. The lowest BCUT2D eigenvalue weighted by atomic mass is 10.2. The van der Waals surface area contributed by atoms with Crippen LogP contribution in [0.1, 0.15) is 0 Å². The molecule has 0 saturated carbocycles. The molecular weight excluding hydrogens is 254 g/mol. The summed E-state index contributed by atoms with van der Waals surface area (Å²) in [6.07, 6.45) is 1.75. The van der Waals surface area contributed by atoms with Crippen LogP contribution in [0.4, 0.5) is 0 Å². The van der Waals surface area contributed by atoms with Gasteiger partial charge in [0, 0.05) is 10.6 Å². The number of aromatic nitrogens is 1. The summed E-state index contributed by atoms with van der Waals surface area (Å²) in [6, 6.07) is 11.4. The van der Waals surface area contributed by atoms with Crippen molar-refractivity contribution in [1.29, 1.82) is 0 Å². The zero-order valence-corrected chi connectivity index (χ0v) is 10.3. The molecule has 84 valence electrons. The van der Waals surface area contributed by atoms with E-state index in [2.05, 4.69) is 4.98 Å². The number of benzene rings is 1. The normalized spacial score (nSPS) is 10.6. The zero-order chi connectivity index (χ0) is 11.7. The Morgan fingerprint density at radius 3 is 2.65 bits per heavy atom. The Balaban J connectivity index is 1.98. The third kappa shape index (κ3) is 2.12. The van der Waals surface area contributed by atoms with Crippen molar-refractivity contribution in [3.05, 3.63) is 53.0 Å². The summed E-state index contributed by atoms with van der Waals surface area (Å²) in [5.74, 6) is 1.41. The summed E-state index contributed by atoms with van der Waals surface area (Å²) >= 11 is 7.47. The predicted molar refractivity (Wildman–Crippen MR) is 70.3 cm³/mol. The predicted octanol–water partition coefficient (Wildman–Crippen LogP) is 4.72. The monoisotopic (exact) mass is 261 g/mol. The SMILES string of the molecule is Clc1ccc(-c2ncc(-c3cccs3)o2)cc1. The van der Waals surface area contributed by atoms with E-state index < -0.39 is 0 Å². The second kappa shape index (κ2) is 4.35. The van der Waals surface area contributed by atoms with Crippen LogP contribution in [0.5, 0.6) is 0 Å². The first-order chi connectivity index (χ1) is 8.33. The highest BCUT2D eigenvalue weighted by Gasteiger charge is 2.08. The fraction of sp³-hybridized carbons (Fsp3) is 0. The summed E-state index contributed by atoms with van der Waals surface area (Å²) in [4.78, 5) is 5.35. The van der Waals surface area contributed by atoms with E-state index in [1.165, 1.54) is 0 Å². The molecule has 2 aromatic heterocycles. The zero-order valence-electron chi connectivity index (χ0n) is 8.76. The van der Waals surface area contributed by atoms with Crippen molar-refractivity contribution >= 4 is 22.9 Å². The number of thiophene rings is 1. The number of hydrogen-bond acceptors (Lipinski definition) is 3. The first-order valence-electron chi connectivity index (χ1n) is 5.08. The molecule has 0 bridgehead atoms. The molecule has 0 spiro atoms. The van der Waals surface area contributed by atoms with Gasteiger partial charge < -0.3 is 4.42 Å². The first-order valence-corrected chi connectivity index (χ1v) is 6.34. The molecule has 4 heteroatoms. The Labute approximate surface area is 108 Å². The van der Waals surface area contributed by atoms with E-state index in [1.54, 1.807) is 17.5 Å². The first kappa shape index (κ1) is 10.6. The van der Waals surface area contributed by atoms with Crippen LogP contribution in [-0.2, 0) is 0 Å². The molecule has 3 rings (SSSR count). The van der Waals surface area contributed by atoms with Gasteiger partial charge in [-0.1, -0.05) is 17.7 Å². The van der Waals surface area contributed by atoms with Gasteiger partial charge in [0.1, 0.15) is 0 Å². The molecule has 0 amide bonds. The van der Waals surface area contributed by atoms with Gasteiger partial charge in [0.25, 0.3) is 0 Å². The van der Waals surface area contributed by atoms with Crippen LogP contribution >= 0.6 is 22.9 Å². The van der Waals surface area contributed by atoms with Crippen LogP contribution in [0.3, 0.4) is 0 Å². The van der Waals surface area contributed by atoms with Gasteiger partial charge in [0.2, 0.25) is 5.89 Å². The molecular formula is C13H8ClNOS. The molecule has 0 atom stereocenters. The van der Waals surface area contributed by atoms with Gasteiger partial charge in [-0.25, -0.2) is 4.98 Å². The fourth-order valence-corrected chi connectivity index (χ4v) is 2.33. The molecule has 0 aliphatic carbocycles. The van der Waals surface area contributed by atoms with Gasteiger partial charge in [0.15, 0.2) is 5.76 Å². The Kier molecular flexibility index (Phi) is 2.71. The van der Waals surface area contributed by atoms with Crippen LogP contribution in [0, 0.1) is 0 Å². The van der Waals surface area contributed by atoms with Crippen LogP contribution in [0.25, 0.3) is 22.1 Å². The highest BCUT2D eigenvalue weighted by Crippen LogP contribution is 2.29. The summed E-state index contributed by atoms with van der Waals surface area (Å²) < 4.78 is 5.71. The minimum atomic E-state index is 0.616. The number of rotatable bonds is 2. The maximum Gasteiger partial charge on any atom is 0.226 e. The van der Waals surface area contributed by atoms with E-state index in [0.717, 1.165) is 16.2 Å². The van der Waals surface area contributed by atoms with Crippen molar-refractivity contribution in [2.45, 2.75) is 0 Å². The Morgan fingerprint density at radius 2 is 1.94 bits per heavy atom. The highest BCUT2D eigenvalue weighted by atomic mass is 35.5. The molecule has 2 nitrogen and oxygen atoms in total. The molecule has 0 aliphatic rings. The molecule has 0 fully saturated rings. The molecule has 1 aromatic carbocycles. The second-order valence-electron chi connectivity index (χ2n) is 3.51. The smallest absolute Gasteiger partial charge is 0.226 e. The maximum atomic E-state index is 5.84. The fourth-order valence-electron chi connectivity index (χ4n) is 1.53. The van der Waals surface area contributed by atoms with E-state index in [1.807, 2.05) is 41.8 Å². The summed E-state index contributed by atoms with van der Waals surface area (Å²) in [6.45, 7) is 0. The van der Waals surface area contributed by atoms with Crippen LogP contribution < -0.4 is 0 Å². The van der Waals surface area contributed by atoms with Crippen molar-refractivity contribution in [1.82, 2.24) is 4.98 Å². The van der Waals surface area contributed by atoms with Crippen LogP contribution in [-0.4, -0.2) is 4.98 Å². The third-order valence-corrected chi connectivity index (χ3v) is 3.50. The van der Waals surface area contributed by atoms with E-state index in [0.29, 0.717) is 10.9 Å². The lowest BCUT2D eigenvalue weighted by molar-refractivity contribution is 0.590. The lowest BCUT2D eigenvalue weighted by Crippen LogP contribution is -1.74. The third-order valence-electron chi connectivity index (χ3n) is 2.36. The van der Waals surface area contributed by atoms with E-state index in [9.17, 15) is 0 Å². The molecule has 0 unspecified atom stereocenters. The van der Waals surface area contributed by atoms with Gasteiger partial charge in [-0.15, -0.1) is 11.3 Å². The van der Waals surface area contributed by atoms with Crippen molar-refractivity contribution in [2.75, 3.05) is 0 Å². The van der Waals surface area contributed by atoms with Gasteiger partial charge in [0.05, 0.1) is 11.1 Å². The minimum Gasteiger partial charge on any atom is -0.435 e. The Bertz CT molecular complexity index is 613. The van der Waals surface area contributed by atoms with Crippen molar-refractivity contribution in [3.63, 3.8) is 0 Å². The molecule has 0 N–H and O–H groups in total. The molecule has 3 aromatic rings. The van der Waals surface area contributed by atoms with Crippen LogP contribution in [0.15, 0.2) is 52.4 Å².